The molecule has 0 saturated carbocycles. The van der Waals surface area contributed by atoms with Gasteiger partial charge in [-0.2, -0.15) is 4.98 Å². The van der Waals surface area contributed by atoms with Crippen LogP contribution < -0.4 is 5.32 Å². The molecule has 1 aliphatic carbocycles. The molecule has 114 valence electrons. The molecule has 1 fully saturated rings. The highest BCUT2D eigenvalue weighted by Gasteiger charge is 2.45. The third-order valence-corrected chi connectivity index (χ3v) is 4.43. The number of amides is 1. The summed E-state index contributed by atoms with van der Waals surface area (Å²) in [6, 6.07) is 6.10. The molecule has 1 aromatic heterocycles. The number of alkyl carbamates (subject to hydrolysis) is 1. The second kappa shape index (κ2) is 4.56. The fraction of sp³-hybridized carbons (Fsp3) is 0.438. The molecule has 1 aliphatic heterocycles. The van der Waals surface area contributed by atoms with Crippen molar-refractivity contribution in [2.24, 2.45) is 0 Å². The summed E-state index contributed by atoms with van der Waals surface area (Å²) in [5.74, 6) is 1.47. The Bertz CT molecular complexity index is 753. The predicted octanol–water partition coefficient (Wildman–Crippen LogP) is 2.74. The van der Waals surface area contributed by atoms with Gasteiger partial charge in [-0.25, -0.2) is 4.79 Å². The quantitative estimate of drug-likeness (QED) is 0.922. The number of hydrogen-bond donors (Lipinski definition) is 1. The van der Waals surface area contributed by atoms with E-state index in [4.69, 9.17) is 9.26 Å². The number of hydrogen-bond acceptors (Lipinski definition) is 5. The van der Waals surface area contributed by atoms with Crippen molar-refractivity contribution in [3.63, 3.8) is 0 Å². The van der Waals surface area contributed by atoms with E-state index >= 15 is 0 Å². The lowest BCUT2D eigenvalue weighted by Gasteiger charge is -2.21. The van der Waals surface area contributed by atoms with Crippen LogP contribution in [0.25, 0.3) is 11.4 Å². The number of rotatable bonds is 2. The van der Waals surface area contributed by atoms with Crippen LogP contribution >= 0.6 is 0 Å². The Morgan fingerprint density at radius 2 is 2.23 bits per heavy atom. The number of aryl methyl sites for hydroxylation is 1. The van der Waals surface area contributed by atoms with Crippen molar-refractivity contribution in [3.05, 3.63) is 35.2 Å². The lowest BCUT2D eigenvalue weighted by Crippen LogP contribution is -2.38. The molecular formula is C16H17N3O3. The first-order valence-corrected chi connectivity index (χ1v) is 7.50. The fourth-order valence-electron chi connectivity index (χ4n) is 3.21. The summed E-state index contributed by atoms with van der Waals surface area (Å²) < 4.78 is 10.4. The number of nitrogens with one attached hydrogen (secondary N) is 1. The number of cyclic esters (lactones) is 1. The normalized spacial score (nSPS) is 23.0. The van der Waals surface area contributed by atoms with E-state index in [1.807, 2.05) is 26.0 Å². The molecule has 2 aliphatic rings. The Labute approximate surface area is 127 Å². The predicted molar refractivity (Wildman–Crippen MR) is 78.3 cm³/mol. The molecular weight excluding hydrogens is 282 g/mol. The van der Waals surface area contributed by atoms with Gasteiger partial charge in [-0.15, -0.1) is 0 Å². The van der Waals surface area contributed by atoms with Crippen molar-refractivity contribution in [2.45, 2.75) is 38.1 Å². The van der Waals surface area contributed by atoms with Crippen molar-refractivity contribution in [1.29, 1.82) is 0 Å². The van der Waals surface area contributed by atoms with E-state index in [9.17, 15) is 4.79 Å². The number of ether oxygens (including phenoxy) is 1. The van der Waals surface area contributed by atoms with Crippen LogP contribution in [-0.4, -0.2) is 22.8 Å². The molecule has 1 atom stereocenters. The maximum Gasteiger partial charge on any atom is 0.408 e. The second-order valence-corrected chi connectivity index (χ2v) is 6.27. The van der Waals surface area contributed by atoms with Crippen LogP contribution in [0.1, 0.15) is 43.2 Å². The fourth-order valence-corrected chi connectivity index (χ4v) is 3.21. The molecule has 4 rings (SSSR count). The lowest BCUT2D eigenvalue weighted by atomic mass is 9.93. The van der Waals surface area contributed by atoms with E-state index in [0.29, 0.717) is 18.3 Å². The Balaban J connectivity index is 1.69. The molecule has 2 aromatic rings. The average Bonchev–Trinajstić information content (AvgIpc) is 3.19. The molecule has 0 bridgehead atoms. The number of nitrogens with zero attached hydrogens (tertiary/aromatic N) is 2. The zero-order chi connectivity index (χ0) is 15.3. The van der Waals surface area contributed by atoms with E-state index in [1.165, 1.54) is 5.56 Å². The number of carbonyl (C=O) groups excluding carboxylic acids is 1. The van der Waals surface area contributed by atoms with Gasteiger partial charge >= 0.3 is 6.09 Å². The van der Waals surface area contributed by atoms with E-state index in [2.05, 4.69) is 21.5 Å². The lowest BCUT2D eigenvalue weighted by molar-refractivity contribution is 0.172. The Kier molecular flexibility index (Phi) is 2.76. The molecule has 1 saturated heterocycles. The molecule has 1 aromatic carbocycles. The SMILES string of the molecule is CC(C)c1nc(-c2ccc3c(c2)CC[C@]32COC(=O)N2)no1. The zero-order valence-corrected chi connectivity index (χ0v) is 12.5. The minimum Gasteiger partial charge on any atom is -0.447 e. The summed E-state index contributed by atoms with van der Waals surface area (Å²) in [6.07, 6.45) is 1.43. The molecule has 2 heterocycles. The minimum atomic E-state index is -0.356. The molecule has 0 radical (unpaired) electrons. The number of benzene rings is 1. The first kappa shape index (κ1) is 13.3. The third kappa shape index (κ3) is 1.90. The zero-order valence-electron chi connectivity index (χ0n) is 12.5. The van der Waals surface area contributed by atoms with Crippen LogP contribution in [0, 0.1) is 0 Å². The monoisotopic (exact) mass is 299 g/mol. The first-order valence-electron chi connectivity index (χ1n) is 7.50. The second-order valence-electron chi connectivity index (χ2n) is 6.27. The molecule has 0 unspecified atom stereocenters. The van der Waals surface area contributed by atoms with Crippen LogP contribution in [0.15, 0.2) is 22.7 Å². The summed E-state index contributed by atoms with van der Waals surface area (Å²) in [5.41, 5.74) is 2.93. The van der Waals surface area contributed by atoms with Gasteiger partial charge in [0, 0.05) is 11.5 Å². The van der Waals surface area contributed by atoms with Gasteiger partial charge in [0.15, 0.2) is 0 Å². The largest absolute Gasteiger partial charge is 0.447 e. The summed E-state index contributed by atoms with van der Waals surface area (Å²) in [7, 11) is 0. The van der Waals surface area contributed by atoms with Crippen molar-refractivity contribution in [3.8, 4) is 11.4 Å². The standard InChI is InChI=1S/C16H17N3O3/c1-9(2)14-17-13(19-22-14)11-3-4-12-10(7-11)5-6-16(12)8-21-15(20)18-16/h3-4,7,9H,5-6,8H2,1-2H3,(H,18,20)/t16-/m0/s1. The summed E-state index contributed by atoms with van der Waals surface area (Å²) in [5, 5.41) is 7.01. The Hall–Kier alpha value is -2.37. The van der Waals surface area contributed by atoms with Gasteiger partial charge in [0.1, 0.15) is 12.1 Å². The van der Waals surface area contributed by atoms with E-state index in [1.54, 1.807) is 0 Å². The molecule has 22 heavy (non-hydrogen) atoms. The smallest absolute Gasteiger partial charge is 0.408 e. The molecule has 1 N–H and O–H groups in total. The number of fused-ring (bicyclic) bond motifs is 2. The van der Waals surface area contributed by atoms with Crippen LogP contribution in [0.3, 0.4) is 0 Å². The Morgan fingerprint density at radius 3 is 2.91 bits per heavy atom. The van der Waals surface area contributed by atoms with Gasteiger partial charge in [-0.05, 0) is 30.0 Å². The number of carbonyl (C=O) groups is 1. The molecule has 1 spiro atoms. The van der Waals surface area contributed by atoms with Gasteiger partial charge < -0.3 is 14.6 Å². The van der Waals surface area contributed by atoms with Crippen LogP contribution in [0.2, 0.25) is 0 Å². The summed E-state index contributed by atoms with van der Waals surface area (Å²) in [6.45, 7) is 4.44. The highest BCUT2D eigenvalue weighted by atomic mass is 16.6. The first-order chi connectivity index (χ1) is 10.6. The van der Waals surface area contributed by atoms with Crippen molar-refractivity contribution in [2.75, 3.05) is 6.61 Å². The van der Waals surface area contributed by atoms with Crippen LogP contribution in [0.4, 0.5) is 4.79 Å². The molecule has 6 heteroatoms. The highest BCUT2D eigenvalue weighted by molar-refractivity contribution is 5.72. The van der Waals surface area contributed by atoms with Crippen LogP contribution in [0.5, 0.6) is 0 Å². The van der Waals surface area contributed by atoms with Gasteiger partial charge in [0.2, 0.25) is 11.7 Å². The topological polar surface area (TPSA) is 77.2 Å². The van der Waals surface area contributed by atoms with Gasteiger partial charge in [0.05, 0.1) is 0 Å². The van der Waals surface area contributed by atoms with Crippen molar-refractivity contribution >= 4 is 6.09 Å². The van der Waals surface area contributed by atoms with E-state index in [-0.39, 0.29) is 17.6 Å². The average molecular weight is 299 g/mol. The van der Waals surface area contributed by atoms with Crippen molar-refractivity contribution in [1.82, 2.24) is 15.5 Å². The number of aromatic nitrogens is 2. The molecule has 1 amide bonds. The highest BCUT2D eigenvalue weighted by Crippen LogP contribution is 2.40. The van der Waals surface area contributed by atoms with Crippen molar-refractivity contribution < 1.29 is 14.1 Å². The minimum absolute atomic E-state index is 0.213. The third-order valence-electron chi connectivity index (χ3n) is 4.43. The van der Waals surface area contributed by atoms with Gasteiger partial charge in [-0.3, -0.25) is 0 Å². The van der Waals surface area contributed by atoms with E-state index in [0.717, 1.165) is 24.0 Å². The van der Waals surface area contributed by atoms with Gasteiger partial charge in [0.25, 0.3) is 0 Å². The van der Waals surface area contributed by atoms with Gasteiger partial charge in [-0.1, -0.05) is 31.1 Å². The summed E-state index contributed by atoms with van der Waals surface area (Å²) in [4.78, 5) is 15.8. The van der Waals surface area contributed by atoms with Crippen LogP contribution in [-0.2, 0) is 16.7 Å². The van der Waals surface area contributed by atoms with E-state index < -0.39 is 0 Å². The maximum atomic E-state index is 11.4. The summed E-state index contributed by atoms with van der Waals surface area (Å²) >= 11 is 0. The Morgan fingerprint density at radius 1 is 1.36 bits per heavy atom. The molecule has 6 nitrogen and oxygen atoms in total. The maximum absolute atomic E-state index is 11.4.